The lowest BCUT2D eigenvalue weighted by Gasteiger charge is -2.22. The predicted octanol–water partition coefficient (Wildman–Crippen LogP) is 2.32. The SMILES string of the molecule is CCCC(C)C(N)CC1CCCO1. The third-order valence-electron chi connectivity index (χ3n) is 3.03. The molecule has 13 heavy (non-hydrogen) atoms. The Morgan fingerprint density at radius 3 is 2.85 bits per heavy atom. The second-order valence-electron chi connectivity index (χ2n) is 4.30. The quantitative estimate of drug-likeness (QED) is 0.713. The van der Waals surface area contributed by atoms with E-state index in [1.54, 1.807) is 0 Å². The van der Waals surface area contributed by atoms with E-state index in [-0.39, 0.29) is 0 Å². The van der Waals surface area contributed by atoms with E-state index < -0.39 is 0 Å². The van der Waals surface area contributed by atoms with Crippen LogP contribution in [0.3, 0.4) is 0 Å². The van der Waals surface area contributed by atoms with Gasteiger partial charge >= 0.3 is 0 Å². The summed E-state index contributed by atoms with van der Waals surface area (Å²) < 4.78 is 5.57. The molecular weight excluding hydrogens is 162 g/mol. The normalized spacial score (nSPS) is 27.5. The van der Waals surface area contributed by atoms with E-state index in [2.05, 4.69) is 13.8 Å². The van der Waals surface area contributed by atoms with Crippen molar-refractivity contribution in [1.29, 1.82) is 0 Å². The maximum Gasteiger partial charge on any atom is 0.0590 e. The highest BCUT2D eigenvalue weighted by atomic mass is 16.5. The molecule has 1 heterocycles. The zero-order chi connectivity index (χ0) is 9.68. The molecule has 2 nitrogen and oxygen atoms in total. The maximum atomic E-state index is 6.10. The van der Waals surface area contributed by atoms with Crippen molar-refractivity contribution >= 4 is 0 Å². The van der Waals surface area contributed by atoms with Crippen LogP contribution in [0, 0.1) is 5.92 Å². The number of nitrogens with two attached hydrogens (primary N) is 1. The molecule has 78 valence electrons. The minimum atomic E-state index is 0.336. The van der Waals surface area contributed by atoms with Crippen molar-refractivity contribution in [1.82, 2.24) is 0 Å². The summed E-state index contributed by atoms with van der Waals surface area (Å²) in [5.41, 5.74) is 6.10. The molecule has 0 spiro atoms. The van der Waals surface area contributed by atoms with Gasteiger partial charge in [0, 0.05) is 12.6 Å². The zero-order valence-corrected chi connectivity index (χ0v) is 8.96. The fraction of sp³-hybridized carbons (Fsp3) is 1.00. The summed E-state index contributed by atoms with van der Waals surface area (Å²) in [7, 11) is 0. The summed E-state index contributed by atoms with van der Waals surface area (Å²) in [6.07, 6.45) is 6.43. The average Bonchev–Trinajstić information content (AvgIpc) is 2.57. The van der Waals surface area contributed by atoms with Gasteiger partial charge in [0.2, 0.25) is 0 Å². The molecule has 0 aromatic heterocycles. The average molecular weight is 185 g/mol. The van der Waals surface area contributed by atoms with Crippen molar-refractivity contribution in [3.8, 4) is 0 Å². The predicted molar refractivity (Wildman–Crippen MR) is 55.6 cm³/mol. The first-order valence-corrected chi connectivity index (χ1v) is 5.61. The number of ether oxygens (including phenoxy) is 1. The van der Waals surface area contributed by atoms with E-state index >= 15 is 0 Å². The molecule has 0 aromatic carbocycles. The van der Waals surface area contributed by atoms with E-state index in [0.717, 1.165) is 13.0 Å². The summed E-state index contributed by atoms with van der Waals surface area (Å²) in [6, 6.07) is 0.336. The minimum absolute atomic E-state index is 0.336. The molecule has 0 aromatic rings. The molecule has 2 heteroatoms. The van der Waals surface area contributed by atoms with Crippen molar-refractivity contribution < 1.29 is 4.74 Å². The van der Waals surface area contributed by atoms with Crippen molar-refractivity contribution in [2.45, 2.75) is 58.1 Å². The Morgan fingerprint density at radius 1 is 1.54 bits per heavy atom. The Kier molecular flexibility index (Phi) is 4.74. The number of hydrogen-bond acceptors (Lipinski definition) is 2. The maximum absolute atomic E-state index is 6.10. The molecule has 1 aliphatic rings. The van der Waals surface area contributed by atoms with Gasteiger partial charge < -0.3 is 10.5 Å². The molecule has 0 bridgehead atoms. The van der Waals surface area contributed by atoms with Gasteiger partial charge in [0.1, 0.15) is 0 Å². The lowest BCUT2D eigenvalue weighted by atomic mass is 9.92. The third kappa shape index (κ3) is 3.65. The molecule has 3 atom stereocenters. The van der Waals surface area contributed by atoms with Gasteiger partial charge in [0.15, 0.2) is 0 Å². The molecule has 1 fully saturated rings. The van der Waals surface area contributed by atoms with E-state index in [9.17, 15) is 0 Å². The van der Waals surface area contributed by atoms with Crippen LogP contribution in [0.2, 0.25) is 0 Å². The van der Waals surface area contributed by atoms with Crippen LogP contribution in [0.25, 0.3) is 0 Å². The van der Waals surface area contributed by atoms with Crippen LogP contribution in [0.4, 0.5) is 0 Å². The van der Waals surface area contributed by atoms with Crippen LogP contribution in [-0.2, 0) is 4.74 Å². The van der Waals surface area contributed by atoms with Gasteiger partial charge in [0.25, 0.3) is 0 Å². The van der Waals surface area contributed by atoms with Gasteiger partial charge in [-0.05, 0) is 31.6 Å². The summed E-state index contributed by atoms with van der Waals surface area (Å²) >= 11 is 0. The fourth-order valence-electron chi connectivity index (χ4n) is 2.04. The first-order valence-electron chi connectivity index (χ1n) is 5.61. The van der Waals surface area contributed by atoms with Crippen molar-refractivity contribution in [2.75, 3.05) is 6.61 Å². The topological polar surface area (TPSA) is 35.2 Å². The van der Waals surface area contributed by atoms with Gasteiger partial charge in [-0.1, -0.05) is 20.3 Å². The van der Waals surface area contributed by atoms with E-state index in [1.807, 2.05) is 0 Å². The highest BCUT2D eigenvalue weighted by Crippen LogP contribution is 2.20. The van der Waals surface area contributed by atoms with Crippen molar-refractivity contribution in [3.05, 3.63) is 0 Å². The zero-order valence-electron chi connectivity index (χ0n) is 8.96. The molecule has 0 radical (unpaired) electrons. The molecule has 0 saturated carbocycles. The Labute approximate surface area is 81.8 Å². The van der Waals surface area contributed by atoms with Gasteiger partial charge in [-0.25, -0.2) is 0 Å². The number of rotatable bonds is 5. The van der Waals surface area contributed by atoms with Crippen LogP contribution in [-0.4, -0.2) is 18.8 Å². The van der Waals surface area contributed by atoms with Crippen molar-refractivity contribution in [2.24, 2.45) is 11.7 Å². The van der Waals surface area contributed by atoms with E-state index in [1.165, 1.54) is 25.7 Å². The third-order valence-corrected chi connectivity index (χ3v) is 3.03. The van der Waals surface area contributed by atoms with Gasteiger partial charge in [-0.2, -0.15) is 0 Å². The second-order valence-corrected chi connectivity index (χ2v) is 4.30. The Hall–Kier alpha value is -0.0800. The molecule has 0 aliphatic carbocycles. The Morgan fingerprint density at radius 2 is 2.31 bits per heavy atom. The summed E-state index contributed by atoms with van der Waals surface area (Å²) in [6.45, 7) is 5.41. The monoisotopic (exact) mass is 185 g/mol. The van der Waals surface area contributed by atoms with E-state index in [0.29, 0.717) is 18.1 Å². The first kappa shape index (κ1) is 11.0. The largest absolute Gasteiger partial charge is 0.378 e. The Bertz CT molecular complexity index is 132. The lowest BCUT2D eigenvalue weighted by Crippen LogP contribution is -2.32. The standard InChI is InChI=1S/C11H23NO/c1-3-5-9(2)11(12)8-10-6-4-7-13-10/h9-11H,3-8,12H2,1-2H3. The van der Waals surface area contributed by atoms with Gasteiger partial charge in [-0.15, -0.1) is 0 Å². The smallest absolute Gasteiger partial charge is 0.0590 e. The van der Waals surface area contributed by atoms with Crippen LogP contribution in [0.1, 0.15) is 46.0 Å². The summed E-state index contributed by atoms with van der Waals surface area (Å²) in [4.78, 5) is 0. The summed E-state index contributed by atoms with van der Waals surface area (Å²) in [5, 5.41) is 0. The molecule has 1 aliphatic heterocycles. The van der Waals surface area contributed by atoms with Crippen LogP contribution in [0.15, 0.2) is 0 Å². The van der Waals surface area contributed by atoms with E-state index in [4.69, 9.17) is 10.5 Å². The second kappa shape index (κ2) is 5.61. The Balaban J connectivity index is 2.18. The number of hydrogen-bond donors (Lipinski definition) is 1. The molecule has 0 amide bonds. The lowest BCUT2D eigenvalue weighted by molar-refractivity contribution is 0.0925. The van der Waals surface area contributed by atoms with Crippen LogP contribution in [0.5, 0.6) is 0 Å². The van der Waals surface area contributed by atoms with Gasteiger partial charge in [-0.3, -0.25) is 0 Å². The summed E-state index contributed by atoms with van der Waals surface area (Å²) in [5.74, 6) is 0.647. The fourth-order valence-corrected chi connectivity index (χ4v) is 2.04. The molecule has 1 saturated heterocycles. The minimum Gasteiger partial charge on any atom is -0.378 e. The molecule has 2 N–H and O–H groups in total. The highest BCUT2D eigenvalue weighted by Gasteiger charge is 2.21. The van der Waals surface area contributed by atoms with Crippen LogP contribution < -0.4 is 5.73 Å². The van der Waals surface area contributed by atoms with Crippen LogP contribution >= 0.6 is 0 Å². The highest BCUT2D eigenvalue weighted by molar-refractivity contribution is 4.76. The molecule has 3 unspecified atom stereocenters. The van der Waals surface area contributed by atoms with Gasteiger partial charge in [0.05, 0.1) is 6.10 Å². The first-order chi connectivity index (χ1) is 6.24. The molecular formula is C11H23NO. The molecule has 1 rings (SSSR count). The van der Waals surface area contributed by atoms with Crippen molar-refractivity contribution in [3.63, 3.8) is 0 Å².